The highest BCUT2D eigenvalue weighted by Gasteiger charge is 2.26. The van der Waals surface area contributed by atoms with Crippen LogP contribution in [0.2, 0.25) is 0 Å². The molecular formula is C13H23N3O. The van der Waals surface area contributed by atoms with Crippen molar-refractivity contribution in [1.82, 2.24) is 14.7 Å². The zero-order chi connectivity index (χ0) is 12.4. The first-order valence-corrected chi connectivity index (χ1v) is 6.54. The third-order valence-electron chi connectivity index (χ3n) is 3.66. The highest BCUT2D eigenvalue weighted by atomic mass is 16.3. The van der Waals surface area contributed by atoms with Crippen LogP contribution >= 0.6 is 0 Å². The van der Waals surface area contributed by atoms with Gasteiger partial charge in [-0.3, -0.25) is 9.58 Å². The zero-order valence-electron chi connectivity index (χ0n) is 11.1. The van der Waals surface area contributed by atoms with E-state index in [0.29, 0.717) is 5.92 Å². The van der Waals surface area contributed by atoms with E-state index in [1.807, 2.05) is 13.8 Å². The molecule has 0 spiro atoms. The van der Waals surface area contributed by atoms with Gasteiger partial charge in [0, 0.05) is 19.6 Å². The molecule has 2 atom stereocenters. The van der Waals surface area contributed by atoms with Crippen molar-refractivity contribution >= 4 is 0 Å². The lowest BCUT2D eigenvalue weighted by molar-refractivity contribution is 0.127. The summed E-state index contributed by atoms with van der Waals surface area (Å²) >= 11 is 0. The number of rotatable bonds is 4. The smallest absolute Gasteiger partial charge is 0.0597 e. The zero-order valence-corrected chi connectivity index (χ0v) is 11.1. The van der Waals surface area contributed by atoms with Gasteiger partial charge >= 0.3 is 0 Å². The maximum absolute atomic E-state index is 9.60. The Morgan fingerprint density at radius 3 is 2.94 bits per heavy atom. The van der Waals surface area contributed by atoms with Crippen LogP contribution in [0.15, 0.2) is 6.07 Å². The van der Waals surface area contributed by atoms with Crippen LogP contribution in [0.4, 0.5) is 0 Å². The third-order valence-corrected chi connectivity index (χ3v) is 3.66. The molecule has 0 bridgehead atoms. The van der Waals surface area contributed by atoms with Gasteiger partial charge in [-0.25, -0.2) is 0 Å². The highest BCUT2D eigenvalue weighted by molar-refractivity contribution is 5.09. The minimum Gasteiger partial charge on any atom is -0.393 e. The Labute approximate surface area is 103 Å². The van der Waals surface area contributed by atoms with Crippen molar-refractivity contribution in [2.75, 3.05) is 13.1 Å². The monoisotopic (exact) mass is 237 g/mol. The predicted molar refractivity (Wildman–Crippen MR) is 67.7 cm³/mol. The molecule has 1 aliphatic rings. The van der Waals surface area contributed by atoms with Gasteiger partial charge in [0.2, 0.25) is 0 Å². The number of hydrogen-bond donors (Lipinski definition) is 1. The van der Waals surface area contributed by atoms with E-state index in [4.69, 9.17) is 0 Å². The van der Waals surface area contributed by atoms with Crippen molar-refractivity contribution in [2.24, 2.45) is 5.92 Å². The maximum atomic E-state index is 9.60. The summed E-state index contributed by atoms with van der Waals surface area (Å²) in [4.78, 5) is 2.42. The summed E-state index contributed by atoms with van der Waals surface area (Å²) < 4.78 is 2.07. The van der Waals surface area contributed by atoms with Crippen LogP contribution in [0.3, 0.4) is 0 Å². The Hall–Kier alpha value is -0.870. The first kappa shape index (κ1) is 12.6. The summed E-state index contributed by atoms with van der Waals surface area (Å²) in [6.07, 6.45) is 0.925. The summed E-state index contributed by atoms with van der Waals surface area (Å²) in [5, 5.41) is 14.1. The molecule has 1 fully saturated rings. The summed E-state index contributed by atoms with van der Waals surface area (Å²) in [6, 6.07) is 2.17. The van der Waals surface area contributed by atoms with Crippen molar-refractivity contribution < 1.29 is 5.11 Å². The van der Waals surface area contributed by atoms with Crippen LogP contribution in [0.1, 0.15) is 31.7 Å². The van der Waals surface area contributed by atoms with Gasteiger partial charge in [-0.15, -0.1) is 0 Å². The van der Waals surface area contributed by atoms with E-state index < -0.39 is 0 Å². The van der Waals surface area contributed by atoms with E-state index in [-0.39, 0.29) is 6.10 Å². The molecule has 4 nitrogen and oxygen atoms in total. The fourth-order valence-corrected chi connectivity index (χ4v) is 2.63. The fraction of sp³-hybridized carbons (Fsp3) is 0.769. The third kappa shape index (κ3) is 2.87. The lowest BCUT2D eigenvalue weighted by atomic mass is 10.0. The molecule has 0 radical (unpaired) electrons. The van der Waals surface area contributed by atoms with Crippen LogP contribution in [-0.2, 0) is 13.1 Å². The first-order valence-electron chi connectivity index (χ1n) is 6.54. The van der Waals surface area contributed by atoms with E-state index in [0.717, 1.165) is 38.3 Å². The SMILES string of the molecule is CCn1nc(C)cc1CN1CCC(C(C)O)C1. The molecule has 2 unspecified atom stereocenters. The fourth-order valence-electron chi connectivity index (χ4n) is 2.63. The number of likely N-dealkylation sites (tertiary alicyclic amines) is 1. The molecule has 4 heteroatoms. The van der Waals surface area contributed by atoms with Gasteiger partial charge in [-0.05, 0) is 45.7 Å². The molecule has 1 saturated heterocycles. The Morgan fingerprint density at radius 1 is 1.59 bits per heavy atom. The van der Waals surface area contributed by atoms with Gasteiger partial charge in [0.05, 0.1) is 17.5 Å². The van der Waals surface area contributed by atoms with Gasteiger partial charge in [0.1, 0.15) is 0 Å². The van der Waals surface area contributed by atoms with Gasteiger partial charge in [-0.2, -0.15) is 5.10 Å². The van der Waals surface area contributed by atoms with Gasteiger partial charge in [-0.1, -0.05) is 0 Å². The molecule has 1 aromatic heterocycles. The summed E-state index contributed by atoms with van der Waals surface area (Å²) in [6.45, 7) is 10.0. The van der Waals surface area contributed by atoms with E-state index >= 15 is 0 Å². The van der Waals surface area contributed by atoms with Crippen molar-refractivity contribution in [3.8, 4) is 0 Å². The highest BCUT2D eigenvalue weighted by Crippen LogP contribution is 2.21. The number of aromatic nitrogens is 2. The van der Waals surface area contributed by atoms with E-state index in [2.05, 4.69) is 27.7 Å². The molecule has 96 valence electrons. The molecule has 0 aliphatic carbocycles. The Bertz CT molecular complexity index is 373. The Morgan fingerprint density at radius 2 is 2.35 bits per heavy atom. The number of hydrogen-bond acceptors (Lipinski definition) is 3. The minimum atomic E-state index is -0.183. The van der Waals surface area contributed by atoms with E-state index in [9.17, 15) is 5.11 Å². The molecule has 0 amide bonds. The number of aliphatic hydroxyl groups excluding tert-OH is 1. The van der Waals surface area contributed by atoms with Crippen molar-refractivity contribution in [2.45, 2.75) is 46.4 Å². The van der Waals surface area contributed by atoms with Gasteiger partial charge < -0.3 is 5.11 Å². The van der Waals surface area contributed by atoms with Crippen LogP contribution in [-0.4, -0.2) is 39.0 Å². The molecule has 0 aromatic carbocycles. The predicted octanol–water partition coefficient (Wildman–Crippen LogP) is 1.41. The van der Waals surface area contributed by atoms with Crippen molar-refractivity contribution in [1.29, 1.82) is 0 Å². The second kappa shape index (κ2) is 5.19. The largest absolute Gasteiger partial charge is 0.393 e. The summed E-state index contributed by atoms with van der Waals surface area (Å²) in [5.41, 5.74) is 2.38. The van der Waals surface area contributed by atoms with E-state index in [1.54, 1.807) is 0 Å². The normalized spacial score (nSPS) is 23.2. The molecule has 2 heterocycles. The molecule has 1 aliphatic heterocycles. The van der Waals surface area contributed by atoms with Crippen molar-refractivity contribution in [3.05, 3.63) is 17.5 Å². The van der Waals surface area contributed by atoms with E-state index in [1.165, 1.54) is 5.69 Å². The molecule has 2 rings (SSSR count). The lowest BCUT2D eigenvalue weighted by Crippen LogP contribution is -2.25. The average molecular weight is 237 g/mol. The van der Waals surface area contributed by atoms with Crippen LogP contribution in [0, 0.1) is 12.8 Å². The lowest BCUT2D eigenvalue weighted by Gasteiger charge is -2.17. The number of aryl methyl sites for hydroxylation is 2. The number of nitrogens with zero attached hydrogens (tertiary/aromatic N) is 3. The van der Waals surface area contributed by atoms with Crippen LogP contribution in [0.25, 0.3) is 0 Å². The summed E-state index contributed by atoms with van der Waals surface area (Å²) in [5.74, 6) is 0.439. The van der Waals surface area contributed by atoms with Crippen LogP contribution in [0.5, 0.6) is 0 Å². The maximum Gasteiger partial charge on any atom is 0.0597 e. The topological polar surface area (TPSA) is 41.3 Å². The second-order valence-electron chi connectivity index (χ2n) is 5.12. The summed E-state index contributed by atoms with van der Waals surface area (Å²) in [7, 11) is 0. The molecule has 0 saturated carbocycles. The minimum absolute atomic E-state index is 0.183. The average Bonchev–Trinajstić information content (AvgIpc) is 2.86. The Balaban J connectivity index is 1.97. The van der Waals surface area contributed by atoms with Gasteiger partial charge in [0.25, 0.3) is 0 Å². The molecule has 1 aromatic rings. The van der Waals surface area contributed by atoms with Crippen LogP contribution < -0.4 is 0 Å². The number of aliphatic hydroxyl groups is 1. The van der Waals surface area contributed by atoms with Gasteiger partial charge in [0.15, 0.2) is 0 Å². The molecule has 17 heavy (non-hydrogen) atoms. The quantitative estimate of drug-likeness (QED) is 0.861. The van der Waals surface area contributed by atoms with Crippen molar-refractivity contribution in [3.63, 3.8) is 0 Å². The standard InChI is InChI=1S/C13H23N3O/c1-4-16-13(7-10(2)14-16)9-15-6-5-12(8-15)11(3)17/h7,11-12,17H,4-6,8-9H2,1-3H3. The second-order valence-corrected chi connectivity index (χ2v) is 5.12. The molecule has 1 N–H and O–H groups in total. The first-order chi connectivity index (χ1) is 8.10. The molecular weight excluding hydrogens is 214 g/mol. The Kier molecular flexibility index (Phi) is 3.84.